The largest absolute Gasteiger partial charge is 0.492 e. The molecule has 1 heterocycles. The van der Waals surface area contributed by atoms with Crippen molar-refractivity contribution in [1.29, 1.82) is 4.78 Å². The van der Waals surface area contributed by atoms with Crippen LogP contribution in [0.5, 0.6) is 0 Å². The number of nitrogens with zero attached hydrogens (tertiary/aromatic N) is 1. The first-order valence-corrected chi connectivity index (χ1v) is 13.1. The molecule has 1 fully saturated rings. The molecule has 2 aromatic rings. The van der Waals surface area contributed by atoms with Crippen molar-refractivity contribution in [3.05, 3.63) is 59.4 Å². The number of likely N-dealkylation sites (tertiary alicyclic amines) is 1. The van der Waals surface area contributed by atoms with E-state index in [0.29, 0.717) is 5.56 Å². The first-order chi connectivity index (χ1) is 17.0. The summed E-state index contributed by atoms with van der Waals surface area (Å²) >= 11 is 0. The van der Waals surface area contributed by atoms with Crippen LogP contribution in [0.25, 0.3) is 11.1 Å². The van der Waals surface area contributed by atoms with Gasteiger partial charge in [0, 0.05) is 25.1 Å². The topological polar surface area (TPSA) is 99.6 Å². The number of carbonyl (C=O) groups excluding carboxylic acids is 2. The van der Waals surface area contributed by atoms with Crippen molar-refractivity contribution in [3.63, 3.8) is 0 Å². The van der Waals surface area contributed by atoms with Gasteiger partial charge in [-0.3, -0.25) is 9.59 Å². The average molecular weight is 544 g/mol. The Kier molecular flexibility index (Phi) is 8.04. The molecule has 0 spiro atoms. The summed E-state index contributed by atoms with van der Waals surface area (Å²) in [5, 5.41) is 0. The van der Waals surface area contributed by atoms with Gasteiger partial charge in [0.25, 0.3) is 5.91 Å². The Labute approximate surface area is 213 Å². The van der Waals surface area contributed by atoms with Crippen molar-refractivity contribution in [2.75, 3.05) is 6.54 Å². The summed E-state index contributed by atoms with van der Waals surface area (Å²) in [5.74, 6) is -2.03. The van der Waals surface area contributed by atoms with Crippen LogP contribution in [-0.2, 0) is 30.7 Å². The van der Waals surface area contributed by atoms with E-state index >= 15 is 4.39 Å². The van der Waals surface area contributed by atoms with Crippen LogP contribution < -0.4 is 4.72 Å². The number of nitrogens with one attached hydrogen (secondary N) is 2. The molecule has 37 heavy (non-hydrogen) atoms. The lowest BCUT2D eigenvalue weighted by Gasteiger charge is -2.34. The van der Waals surface area contributed by atoms with Gasteiger partial charge < -0.3 is 9.64 Å². The van der Waals surface area contributed by atoms with Crippen LogP contribution in [0.3, 0.4) is 0 Å². The maximum atomic E-state index is 15.7. The fourth-order valence-corrected chi connectivity index (χ4v) is 5.36. The van der Waals surface area contributed by atoms with E-state index in [-0.39, 0.29) is 30.5 Å². The van der Waals surface area contributed by atoms with Crippen molar-refractivity contribution < 1.29 is 36.1 Å². The van der Waals surface area contributed by atoms with E-state index in [0.717, 1.165) is 12.5 Å². The highest BCUT2D eigenvalue weighted by molar-refractivity contribution is 7.91. The van der Waals surface area contributed by atoms with Gasteiger partial charge in [-0.15, -0.1) is 0 Å². The summed E-state index contributed by atoms with van der Waals surface area (Å²) in [4.78, 5) is 26.0. The molecule has 0 aliphatic carbocycles. The Bertz CT molecular complexity index is 1300. The zero-order valence-corrected chi connectivity index (χ0v) is 21.6. The van der Waals surface area contributed by atoms with E-state index in [1.54, 1.807) is 30.3 Å². The first kappa shape index (κ1) is 28.6. The molecule has 7 nitrogen and oxygen atoms in total. The molecule has 202 valence electrons. The molecule has 2 N–H and O–H groups in total. The van der Waals surface area contributed by atoms with Gasteiger partial charge in [-0.2, -0.15) is 13.2 Å². The lowest BCUT2D eigenvalue weighted by atomic mass is 9.95. The van der Waals surface area contributed by atoms with Crippen LogP contribution in [0, 0.1) is 17.5 Å². The number of hydrogen-bond acceptors (Lipinski definition) is 5. The quantitative estimate of drug-likeness (QED) is 0.390. The fraction of sp³-hybridized carbons (Fsp3) is 0.440. The van der Waals surface area contributed by atoms with Crippen molar-refractivity contribution in [2.24, 2.45) is 0 Å². The smallest absolute Gasteiger partial charge is 0.450 e. The van der Waals surface area contributed by atoms with Gasteiger partial charge in [0.2, 0.25) is 9.92 Å². The second-order valence-corrected chi connectivity index (χ2v) is 11.3. The van der Waals surface area contributed by atoms with E-state index in [4.69, 9.17) is 9.52 Å². The van der Waals surface area contributed by atoms with Gasteiger partial charge in [-0.25, -0.2) is 18.1 Å². The Hall–Kier alpha value is -2.99. The molecular weight excluding hydrogens is 514 g/mol. The molecular formula is C25H29F4N3O4S. The molecule has 3 atom stereocenters. The number of carbonyl (C=O) groups is 2. The average Bonchev–Trinajstić information content (AvgIpc) is 3.14. The molecule has 1 saturated heterocycles. The van der Waals surface area contributed by atoms with Gasteiger partial charge in [0.1, 0.15) is 5.82 Å². The lowest BCUT2D eigenvalue weighted by molar-refractivity contribution is -0.169. The molecule has 3 rings (SSSR count). The fourth-order valence-electron chi connectivity index (χ4n) is 4.52. The first-order valence-electron chi connectivity index (χ1n) is 11.5. The van der Waals surface area contributed by atoms with Crippen molar-refractivity contribution in [2.45, 2.75) is 63.7 Å². The van der Waals surface area contributed by atoms with Crippen LogP contribution in [-0.4, -0.2) is 50.7 Å². The number of alkyl halides is 3. The zero-order valence-electron chi connectivity index (χ0n) is 20.8. The normalized spacial score (nSPS) is 19.9. The summed E-state index contributed by atoms with van der Waals surface area (Å²) in [6.45, 7) is 5.59. The minimum atomic E-state index is -5.34. The number of aryl methyl sites for hydroxylation is 1. The number of halogens is 4. The molecule has 0 radical (unpaired) electrons. The lowest BCUT2D eigenvalue weighted by Crippen LogP contribution is -2.54. The SMILES string of the molecule is CC(=O)OC(C)(C)C(=O)N1CC[C@H](NS(=N)(=O)C(F)(F)F)[C@@H]1Cc1cccc(-c2cccc(C)c2)c1F. The van der Waals surface area contributed by atoms with Gasteiger partial charge >= 0.3 is 11.5 Å². The molecule has 1 aliphatic heterocycles. The molecule has 0 saturated carbocycles. The van der Waals surface area contributed by atoms with Crippen LogP contribution in [0.4, 0.5) is 17.6 Å². The number of ether oxygens (including phenoxy) is 1. The zero-order chi connectivity index (χ0) is 27.8. The predicted molar refractivity (Wildman–Crippen MR) is 130 cm³/mol. The van der Waals surface area contributed by atoms with Crippen LogP contribution in [0.1, 0.15) is 38.3 Å². The van der Waals surface area contributed by atoms with Crippen LogP contribution >= 0.6 is 0 Å². The third-order valence-electron chi connectivity index (χ3n) is 6.20. The number of benzene rings is 2. The predicted octanol–water partition coefficient (Wildman–Crippen LogP) is 4.73. The summed E-state index contributed by atoms with van der Waals surface area (Å²) < 4.78 is 81.8. The highest BCUT2D eigenvalue weighted by atomic mass is 32.2. The van der Waals surface area contributed by atoms with Crippen LogP contribution in [0.15, 0.2) is 42.5 Å². The Balaban J connectivity index is 2.01. The van der Waals surface area contributed by atoms with E-state index in [2.05, 4.69) is 0 Å². The molecule has 1 aliphatic rings. The molecule has 0 aromatic heterocycles. The van der Waals surface area contributed by atoms with Crippen molar-refractivity contribution in [1.82, 2.24) is 9.62 Å². The highest BCUT2D eigenvalue weighted by Crippen LogP contribution is 2.32. The maximum Gasteiger partial charge on any atom is 0.492 e. The standard InChI is InChI=1S/C25H29F4N3O4S/c1-15-7-5-8-17(13-15)19-10-6-9-18(22(19)26)14-21-20(31-37(30,35)25(27,28)29)11-12-32(21)23(34)24(3,4)36-16(2)33/h5-10,13,20-21H,11-12,14H2,1-4H3,(H2,30,31,35)/t20-,21-,37?/m0/s1. The van der Waals surface area contributed by atoms with E-state index in [1.807, 2.05) is 17.7 Å². The number of esters is 1. The maximum absolute atomic E-state index is 15.7. The second-order valence-electron chi connectivity index (χ2n) is 9.54. The van der Waals surface area contributed by atoms with Crippen molar-refractivity contribution in [3.8, 4) is 11.1 Å². The summed E-state index contributed by atoms with van der Waals surface area (Å²) in [7, 11) is -5.24. The van der Waals surface area contributed by atoms with E-state index in [9.17, 15) is 27.0 Å². The molecule has 12 heteroatoms. The summed E-state index contributed by atoms with van der Waals surface area (Å²) in [5.41, 5.74) is -5.07. The summed E-state index contributed by atoms with van der Waals surface area (Å²) in [6, 6.07) is 9.45. The van der Waals surface area contributed by atoms with Crippen molar-refractivity contribution >= 4 is 21.8 Å². The van der Waals surface area contributed by atoms with Gasteiger partial charge in [-0.1, -0.05) is 48.0 Å². The number of rotatable bonds is 7. The van der Waals surface area contributed by atoms with Gasteiger partial charge in [0.05, 0.1) is 6.04 Å². The van der Waals surface area contributed by atoms with Gasteiger partial charge in [-0.05, 0) is 44.7 Å². The molecule has 2 aromatic carbocycles. The third-order valence-corrected chi connectivity index (χ3v) is 7.49. The summed E-state index contributed by atoms with van der Waals surface area (Å²) in [6.07, 6.45) is -0.296. The second kappa shape index (κ2) is 10.4. The minimum Gasteiger partial charge on any atom is -0.450 e. The Morgan fingerprint density at radius 3 is 2.43 bits per heavy atom. The Morgan fingerprint density at radius 2 is 1.84 bits per heavy atom. The monoisotopic (exact) mass is 543 g/mol. The van der Waals surface area contributed by atoms with Crippen LogP contribution in [0.2, 0.25) is 0 Å². The van der Waals surface area contributed by atoms with E-state index < -0.39 is 50.8 Å². The minimum absolute atomic E-state index is 0.0710. The molecule has 0 bridgehead atoms. The molecule has 1 unspecified atom stereocenters. The highest BCUT2D eigenvalue weighted by Gasteiger charge is 2.49. The molecule has 1 amide bonds. The number of amides is 1. The third kappa shape index (κ3) is 6.30. The Morgan fingerprint density at radius 1 is 1.19 bits per heavy atom. The number of hydrogen-bond donors (Lipinski definition) is 2. The van der Waals surface area contributed by atoms with E-state index in [1.165, 1.54) is 24.8 Å². The van der Waals surface area contributed by atoms with Gasteiger partial charge in [0.15, 0.2) is 5.60 Å².